The third-order valence-electron chi connectivity index (χ3n) is 3.39. The SMILES string of the molecule is CNc1ncc(Br)nc1NC1CCCN(C(=O)OC(C)(C)C)C1. The lowest BCUT2D eigenvalue weighted by Gasteiger charge is -2.34. The van der Waals surface area contributed by atoms with Crippen molar-refractivity contribution in [3.63, 3.8) is 0 Å². The molecular formula is C15H24BrN5O2. The molecule has 1 atom stereocenters. The highest BCUT2D eigenvalue weighted by Crippen LogP contribution is 2.22. The van der Waals surface area contributed by atoms with E-state index in [2.05, 4.69) is 36.5 Å². The fourth-order valence-corrected chi connectivity index (χ4v) is 2.71. The first-order chi connectivity index (χ1) is 10.8. The number of anilines is 2. The minimum absolute atomic E-state index is 0.118. The van der Waals surface area contributed by atoms with E-state index in [4.69, 9.17) is 4.74 Å². The summed E-state index contributed by atoms with van der Waals surface area (Å²) in [5.74, 6) is 1.36. The van der Waals surface area contributed by atoms with E-state index in [0.29, 0.717) is 22.8 Å². The Hall–Kier alpha value is -1.57. The molecule has 0 aliphatic carbocycles. The number of nitrogens with zero attached hydrogens (tertiary/aromatic N) is 3. The van der Waals surface area contributed by atoms with Crippen LogP contribution in [0.4, 0.5) is 16.4 Å². The lowest BCUT2D eigenvalue weighted by Crippen LogP contribution is -2.47. The Bertz CT molecular complexity index is 561. The summed E-state index contributed by atoms with van der Waals surface area (Å²) in [5.41, 5.74) is -0.480. The van der Waals surface area contributed by atoms with E-state index in [1.807, 2.05) is 20.8 Å². The minimum Gasteiger partial charge on any atom is -0.444 e. The number of carbonyl (C=O) groups is 1. The van der Waals surface area contributed by atoms with Crippen molar-refractivity contribution in [3.05, 3.63) is 10.8 Å². The van der Waals surface area contributed by atoms with Gasteiger partial charge in [0.05, 0.1) is 6.20 Å². The fraction of sp³-hybridized carbons (Fsp3) is 0.667. The summed E-state index contributed by atoms with van der Waals surface area (Å²) in [6, 6.07) is 0.118. The average Bonchev–Trinajstić information content (AvgIpc) is 2.46. The molecular weight excluding hydrogens is 362 g/mol. The van der Waals surface area contributed by atoms with Crippen LogP contribution in [0.3, 0.4) is 0 Å². The number of piperidine rings is 1. The Balaban J connectivity index is 2.02. The van der Waals surface area contributed by atoms with Crippen LogP contribution in [0.2, 0.25) is 0 Å². The zero-order valence-electron chi connectivity index (χ0n) is 14.0. The second kappa shape index (κ2) is 7.33. The average molecular weight is 386 g/mol. The number of rotatable bonds is 3. The van der Waals surface area contributed by atoms with Gasteiger partial charge in [0.25, 0.3) is 0 Å². The van der Waals surface area contributed by atoms with Crippen LogP contribution in [-0.4, -0.2) is 52.7 Å². The summed E-state index contributed by atoms with van der Waals surface area (Å²) in [7, 11) is 1.80. The second-order valence-corrected chi connectivity index (χ2v) is 7.36. The molecule has 23 heavy (non-hydrogen) atoms. The van der Waals surface area contributed by atoms with Crippen molar-refractivity contribution in [2.24, 2.45) is 0 Å². The van der Waals surface area contributed by atoms with E-state index in [1.54, 1.807) is 18.1 Å². The minimum atomic E-state index is -0.480. The molecule has 1 unspecified atom stereocenters. The fourth-order valence-electron chi connectivity index (χ4n) is 2.43. The standard InChI is InChI=1S/C15H24BrN5O2/c1-15(2,3)23-14(22)21-7-5-6-10(9-21)19-13-12(17-4)18-8-11(16)20-13/h8,10H,5-7,9H2,1-4H3,(H,17,18)(H,19,20). The normalized spacial score (nSPS) is 18.5. The van der Waals surface area contributed by atoms with E-state index in [1.165, 1.54) is 0 Å². The molecule has 1 aromatic heterocycles. The molecule has 1 aliphatic heterocycles. The lowest BCUT2D eigenvalue weighted by atomic mass is 10.1. The number of likely N-dealkylation sites (tertiary alicyclic amines) is 1. The Labute approximate surface area is 145 Å². The molecule has 0 aromatic carbocycles. The molecule has 2 heterocycles. The van der Waals surface area contributed by atoms with Crippen molar-refractivity contribution in [2.75, 3.05) is 30.8 Å². The maximum absolute atomic E-state index is 12.2. The summed E-state index contributed by atoms with van der Waals surface area (Å²) in [4.78, 5) is 22.7. The molecule has 1 aliphatic rings. The molecule has 0 bridgehead atoms. The monoisotopic (exact) mass is 385 g/mol. The van der Waals surface area contributed by atoms with Gasteiger partial charge in [0.1, 0.15) is 10.2 Å². The summed E-state index contributed by atoms with van der Waals surface area (Å²) >= 11 is 3.33. The predicted octanol–water partition coefficient (Wildman–Crippen LogP) is 3.09. The molecule has 1 amide bonds. The highest BCUT2D eigenvalue weighted by molar-refractivity contribution is 9.10. The highest BCUT2D eigenvalue weighted by Gasteiger charge is 2.28. The van der Waals surface area contributed by atoms with Gasteiger partial charge < -0.3 is 20.3 Å². The molecule has 0 radical (unpaired) electrons. The van der Waals surface area contributed by atoms with Crippen molar-refractivity contribution in [1.82, 2.24) is 14.9 Å². The molecule has 7 nitrogen and oxygen atoms in total. The second-order valence-electron chi connectivity index (χ2n) is 6.55. The molecule has 8 heteroatoms. The van der Waals surface area contributed by atoms with Crippen molar-refractivity contribution >= 4 is 33.7 Å². The Morgan fingerprint density at radius 1 is 1.43 bits per heavy atom. The maximum Gasteiger partial charge on any atom is 0.410 e. The van der Waals surface area contributed by atoms with Crippen molar-refractivity contribution < 1.29 is 9.53 Å². The Morgan fingerprint density at radius 2 is 2.17 bits per heavy atom. The molecule has 0 saturated carbocycles. The number of amides is 1. The molecule has 1 fully saturated rings. The van der Waals surface area contributed by atoms with Gasteiger partial charge >= 0.3 is 6.09 Å². The van der Waals surface area contributed by atoms with Gasteiger partial charge in [-0.1, -0.05) is 0 Å². The third-order valence-corrected chi connectivity index (χ3v) is 3.78. The highest BCUT2D eigenvalue weighted by atomic mass is 79.9. The first-order valence-electron chi connectivity index (χ1n) is 7.73. The van der Waals surface area contributed by atoms with E-state index in [0.717, 1.165) is 19.4 Å². The van der Waals surface area contributed by atoms with Crippen molar-refractivity contribution in [1.29, 1.82) is 0 Å². The van der Waals surface area contributed by atoms with Gasteiger partial charge in [-0.2, -0.15) is 0 Å². The topological polar surface area (TPSA) is 79.4 Å². The first kappa shape index (κ1) is 17.8. The number of ether oxygens (including phenoxy) is 1. The van der Waals surface area contributed by atoms with Gasteiger partial charge in [-0.05, 0) is 49.5 Å². The molecule has 1 saturated heterocycles. The third kappa shape index (κ3) is 5.23. The van der Waals surface area contributed by atoms with E-state index in [-0.39, 0.29) is 12.1 Å². The molecule has 2 rings (SSSR count). The molecule has 2 N–H and O–H groups in total. The Kier molecular flexibility index (Phi) is 5.67. The van der Waals surface area contributed by atoms with Crippen molar-refractivity contribution in [3.8, 4) is 0 Å². The van der Waals surface area contributed by atoms with Gasteiger partial charge in [-0.3, -0.25) is 0 Å². The van der Waals surface area contributed by atoms with Crippen LogP contribution >= 0.6 is 15.9 Å². The van der Waals surface area contributed by atoms with Gasteiger partial charge in [0.2, 0.25) is 0 Å². The first-order valence-corrected chi connectivity index (χ1v) is 8.52. The summed E-state index contributed by atoms with van der Waals surface area (Å²) in [5, 5.41) is 6.39. The number of hydrogen-bond donors (Lipinski definition) is 2. The Morgan fingerprint density at radius 3 is 2.83 bits per heavy atom. The lowest BCUT2D eigenvalue weighted by molar-refractivity contribution is 0.0206. The van der Waals surface area contributed by atoms with Crippen LogP contribution in [0.15, 0.2) is 10.8 Å². The van der Waals surface area contributed by atoms with Crippen LogP contribution in [-0.2, 0) is 4.74 Å². The number of carbonyl (C=O) groups excluding carboxylic acids is 1. The van der Waals surface area contributed by atoms with E-state index >= 15 is 0 Å². The summed E-state index contributed by atoms with van der Waals surface area (Å²) in [6.45, 7) is 6.94. The van der Waals surface area contributed by atoms with Gasteiger partial charge in [0, 0.05) is 26.2 Å². The zero-order chi connectivity index (χ0) is 17.0. The summed E-state index contributed by atoms with van der Waals surface area (Å²) in [6.07, 6.45) is 3.27. The van der Waals surface area contributed by atoms with Crippen LogP contribution in [0.25, 0.3) is 0 Å². The van der Waals surface area contributed by atoms with Crippen LogP contribution in [0, 0.1) is 0 Å². The molecule has 0 spiro atoms. The van der Waals surface area contributed by atoms with Crippen LogP contribution in [0.1, 0.15) is 33.6 Å². The number of hydrogen-bond acceptors (Lipinski definition) is 6. The number of nitrogens with one attached hydrogen (secondary N) is 2. The van der Waals surface area contributed by atoms with Crippen LogP contribution in [0.5, 0.6) is 0 Å². The van der Waals surface area contributed by atoms with Gasteiger partial charge in [-0.15, -0.1) is 0 Å². The number of aromatic nitrogens is 2. The van der Waals surface area contributed by atoms with Crippen molar-refractivity contribution in [2.45, 2.75) is 45.3 Å². The molecule has 1 aromatic rings. The smallest absolute Gasteiger partial charge is 0.410 e. The quantitative estimate of drug-likeness (QED) is 0.831. The predicted molar refractivity (Wildman–Crippen MR) is 93.7 cm³/mol. The van der Waals surface area contributed by atoms with E-state index in [9.17, 15) is 4.79 Å². The zero-order valence-corrected chi connectivity index (χ0v) is 15.6. The van der Waals surface area contributed by atoms with Crippen LogP contribution < -0.4 is 10.6 Å². The van der Waals surface area contributed by atoms with Gasteiger partial charge in [0.15, 0.2) is 11.6 Å². The molecule has 128 valence electrons. The summed E-state index contributed by atoms with van der Waals surface area (Å²) < 4.78 is 6.12. The number of halogens is 1. The largest absolute Gasteiger partial charge is 0.444 e. The van der Waals surface area contributed by atoms with Gasteiger partial charge in [-0.25, -0.2) is 14.8 Å². The van der Waals surface area contributed by atoms with E-state index < -0.39 is 5.60 Å². The maximum atomic E-state index is 12.2.